The molecule has 2 rings (SSSR count). The Hall–Kier alpha value is -0.440. The topological polar surface area (TPSA) is 24.4 Å². The predicted octanol–water partition coefficient (Wildman–Crippen LogP) is 2.96. The zero-order chi connectivity index (χ0) is 10.3. The highest BCUT2D eigenvalue weighted by molar-refractivity contribution is 8.13. The van der Waals surface area contributed by atoms with Gasteiger partial charge in [0.1, 0.15) is 0 Å². The minimum absolute atomic E-state index is 1.01. The highest BCUT2D eigenvalue weighted by atomic mass is 32.2. The van der Waals surface area contributed by atoms with Gasteiger partial charge >= 0.3 is 0 Å². The second kappa shape index (κ2) is 6.21. The molecule has 1 N–H and O–H groups in total. The third-order valence-electron chi connectivity index (χ3n) is 2.90. The van der Waals surface area contributed by atoms with E-state index in [-0.39, 0.29) is 0 Å². The van der Waals surface area contributed by atoms with Gasteiger partial charge in [-0.2, -0.15) is 0 Å². The summed E-state index contributed by atoms with van der Waals surface area (Å²) in [6.07, 6.45) is 10.3. The number of aliphatic imine (C=N–C) groups is 1. The molecule has 15 heavy (non-hydrogen) atoms. The van der Waals surface area contributed by atoms with E-state index >= 15 is 0 Å². The maximum absolute atomic E-state index is 4.46. The van der Waals surface area contributed by atoms with Crippen LogP contribution in [0.1, 0.15) is 38.5 Å². The van der Waals surface area contributed by atoms with Crippen LogP contribution in [0.15, 0.2) is 16.6 Å². The molecule has 0 saturated carbocycles. The molecule has 0 aromatic rings. The molecule has 0 atom stereocenters. The molecule has 0 spiro atoms. The van der Waals surface area contributed by atoms with Crippen molar-refractivity contribution in [3.05, 3.63) is 11.6 Å². The molecule has 1 heterocycles. The van der Waals surface area contributed by atoms with E-state index in [1.807, 2.05) is 11.8 Å². The lowest BCUT2D eigenvalue weighted by atomic mass is 9.97. The van der Waals surface area contributed by atoms with Gasteiger partial charge in [-0.25, -0.2) is 0 Å². The van der Waals surface area contributed by atoms with Crippen molar-refractivity contribution in [1.82, 2.24) is 5.32 Å². The van der Waals surface area contributed by atoms with Crippen LogP contribution in [0.25, 0.3) is 0 Å². The van der Waals surface area contributed by atoms with Gasteiger partial charge in [0, 0.05) is 18.8 Å². The van der Waals surface area contributed by atoms with Crippen molar-refractivity contribution in [3.63, 3.8) is 0 Å². The molecule has 2 aliphatic rings. The van der Waals surface area contributed by atoms with Crippen LogP contribution >= 0.6 is 11.8 Å². The Balaban J connectivity index is 1.65. The summed E-state index contributed by atoms with van der Waals surface area (Å²) in [5.41, 5.74) is 1.65. The van der Waals surface area contributed by atoms with Crippen molar-refractivity contribution in [2.45, 2.75) is 38.5 Å². The standard InChI is InChI=1S/C12H20N2S/c1-2-5-11(6-3-1)7-9-14-12-13-8-4-10-15-12/h5H,1-4,6-10H2,(H,13,14). The SMILES string of the molecule is C1=C(CCNC2=NCCCS2)CCCC1. The molecule has 0 bridgehead atoms. The summed E-state index contributed by atoms with van der Waals surface area (Å²) < 4.78 is 0. The molecule has 0 aromatic carbocycles. The summed E-state index contributed by atoms with van der Waals surface area (Å²) in [6.45, 7) is 2.08. The van der Waals surface area contributed by atoms with Crippen molar-refractivity contribution in [2.75, 3.05) is 18.8 Å². The number of nitrogens with one attached hydrogen (secondary N) is 1. The Kier molecular flexibility index (Phi) is 4.58. The largest absolute Gasteiger partial charge is 0.365 e. The van der Waals surface area contributed by atoms with E-state index in [4.69, 9.17) is 0 Å². The van der Waals surface area contributed by atoms with Crippen molar-refractivity contribution < 1.29 is 0 Å². The number of nitrogens with zero attached hydrogens (tertiary/aromatic N) is 1. The van der Waals surface area contributed by atoms with Crippen LogP contribution in [0.5, 0.6) is 0 Å². The Bertz CT molecular complexity index is 232. The van der Waals surface area contributed by atoms with Gasteiger partial charge in [0.25, 0.3) is 0 Å². The highest BCUT2D eigenvalue weighted by Gasteiger charge is 2.06. The van der Waals surface area contributed by atoms with Gasteiger partial charge in [-0.05, 0) is 38.5 Å². The molecular weight excluding hydrogens is 204 g/mol. The summed E-state index contributed by atoms with van der Waals surface area (Å²) in [4.78, 5) is 4.46. The second-order valence-corrected chi connectivity index (χ2v) is 5.26. The minimum atomic E-state index is 1.01. The normalized spacial score (nSPS) is 21.9. The lowest BCUT2D eigenvalue weighted by Crippen LogP contribution is -2.24. The van der Waals surface area contributed by atoms with E-state index in [0.717, 1.165) is 18.3 Å². The molecule has 0 aromatic heterocycles. The maximum Gasteiger partial charge on any atom is 0.156 e. The van der Waals surface area contributed by atoms with Gasteiger partial charge in [0.15, 0.2) is 5.17 Å². The lowest BCUT2D eigenvalue weighted by Gasteiger charge is -2.15. The van der Waals surface area contributed by atoms with E-state index in [1.165, 1.54) is 44.3 Å². The monoisotopic (exact) mass is 224 g/mol. The van der Waals surface area contributed by atoms with Gasteiger partial charge in [0.2, 0.25) is 0 Å². The van der Waals surface area contributed by atoms with Crippen LogP contribution in [0.3, 0.4) is 0 Å². The third kappa shape index (κ3) is 3.90. The number of rotatable bonds is 3. The minimum Gasteiger partial charge on any atom is -0.365 e. The number of amidine groups is 1. The Labute approximate surface area is 96.6 Å². The van der Waals surface area contributed by atoms with Crippen LogP contribution in [-0.2, 0) is 0 Å². The average molecular weight is 224 g/mol. The molecule has 0 fully saturated rings. The maximum atomic E-state index is 4.46. The first-order chi connectivity index (χ1) is 7.45. The van der Waals surface area contributed by atoms with Crippen molar-refractivity contribution in [2.24, 2.45) is 4.99 Å². The number of thioether (sulfide) groups is 1. The first kappa shape index (κ1) is 11.1. The molecular formula is C12H20N2S. The van der Waals surface area contributed by atoms with Crippen molar-refractivity contribution in [1.29, 1.82) is 0 Å². The molecule has 0 amide bonds. The van der Waals surface area contributed by atoms with Crippen molar-refractivity contribution in [3.8, 4) is 0 Å². The summed E-state index contributed by atoms with van der Waals surface area (Å²) in [7, 11) is 0. The molecule has 1 aliphatic heterocycles. The first-order valence-corrected chi connectivity index (χ1v) is 7.03. The predicted molar refractivity (Wildman–Crippen MR) is 68.5 cm³/mol. The third-order valence-corrected chi connectivity index (χ3v) is 3.94. The van der Waals surface area contributed by atoms with Crippen LogP contribution < -0.4 is 5.32 Å². The second-order valence-electron chi connectivity index (χ2n) is 4.17. The fourth-order valence-corrected chi connectivity index (χ4v) is 2.88. The van der Waals surface area contributed by atoms with Crippen LogP contribution in [0.4, 0.5) is 0 Å². The molecule has 1 aliphatic carbocycles. The Morgan fingerprint density at radius 1 is 1.33 bits per heavy atom. The van der Waals surface area contributed by atoms with E-state index in [9.17, 15) is 0 Å². The fourth-order valence-electron chi connectivity index (χ4n) is 2.03. The summed E-state index contributed by atoms with van der Waals surface area (Å²) in [5.74, 6) is 1.23. The Morgan fingerprint density at radius 2 is 2.33 bits per heavy atom. The smallest absolute Gasteiger partial charge is 0.156 e. The van der Waals surface area contributed by atoms with E-state index in [2.05, 4.69) is 16.4 Å². The zero-order valence-corrected chi connectivity index (χ0v) is 10.1. The molecule has 0 saturated heterocycles. The van der Waals surface area contributed by atoms with Gasteiger partial charge in [-0.15, -0.1) is 0 Å². The molecule has 0 unspecified atom stereocenters. The van der Waals surface area contributed by atoms with Crippen LogP contribution in [-0.4, -0.2) is 24.0 Å². The summed E-state index contributed by atoms with van der Waals surface area (Å²) in [5, 5.41) is 4.61. The van der Waals surface area contributed by atoms with E-state index < -0.39 is 0 Å². The van der Waals surface area contributed by atoms with Crippen molar-refractivity contribution >= 4 is 16.9 Å². The fraction of sp³-hybridized carbons (Fsp3) is 0.750. The Morgan fingerprint density at radius 3 is 3.07 bits per heavy atom. The summed E-state index contributed by atoms with van der Waals surface area (Å²) in [6, 6.07) is 0. The van der Waals surface area contributed by atoms with E-state index in [0.29, 0.717) is 0 Å². The zero-order valence-electron chi connectivity index (χ0n) is 9.30. The first-order valence-electron chi connectivity index (χ1n) is 6.04. The quantitative estimate of drug-likeness (QED) is 0.745. The van der Waals surface area contributed by atoms with Gasteiger partial charge in [-0.1, -0.05) is 23.4 Å². The molecule has 84 valence electrons. The number of hydrogen-bond acceptors (Lipinski definition) is 3. The van der Waals surface area contributed by atoms with Crippen LogP contribution in [0.2, 0.25) is 0 Å². The average Bonchev–Trinajstić information content (AvgIpc) is 2.32. The van der Waals surface area contributed by atoms with Gasteiger partial charge < -0.3 is 5.32 Å². The molecule has 2 nitrogen and oxygen atoms in total. The molecule has 3 heteroatoms. The highest BCUT2D eigenvalue weighted by Crippen LogP contribution is 2.19. The van der Waals surface area contributed by atoms with Gasteiger partial charge in [0.05, 0.1) is 0 Å². The summed E-state index contributed by atoms with van der Waals surface area (Å²) >= 11 is 1.87. The molecule has 0 radical (unpaired) electrons. The number of hydrogen-bond donors (Lipinski definition) is 1. The van der Waals surface area contributed by atoms with Crippen LogP contribution in [0, 0.1) is 0 Å². The lowest BCUT2D eigenvalue weighted by molar-refractivity contribution is 0.669. The van der Waals surface area contributed by atoms with Gasteiger partial charge in [-0.3, -0.25) is 4.99 Å². The number of allylic oxidation sites excluding steroid dienone is 1. The van der Waals surface area contributed by atoms with E-state index in [1.54, 1.807) is 5.57 Å².